The third kappa shape index (κ3) is 8.59. The summed E-state index contributed by atoms with van der Waals surface area (Å²) in [7, 11) is 6.60. The fraction of sp³-hybridized carbons (Fsp3) is 0.364. The molecule has 0 bridgehead atoms. The summed E-state index contributed by atoms with van der Waals surface area (Å²) < 4.78 is 10.6. The number of benzene rings is 4. The Morgan fingerprint density at radius 2 is 1.22 bits per heavy atom. The maximum Gasteiger partial charge on any atom is 0.253 e. The molecule has 2 fully saturated rings. The number of anilines is 2. The molecular formula is C44H50N4O6. The molecule has 3 atom stereocenters. The molecule has 0 heterocycles. The molecule has 54 heavy (non-hydrogen) atoms. The molecule has 10 heteroatoms. The normalized spacial score (nSPS) is 18.9. The molecule has 0 saturated heterocycles. The van der Waals surface area contributed by atoms with Gasteiger partial charge in [0.05, 0.1) is 14.2 Å². The first-order valence-electron chi connectivity index (χ1n) is 18.6. The van der Waals surface area contributed by atoms with Crippen LogP contribution in [0.15, 0.2) is 109 Å². The van der Waals surface area contributed by atoms with Crippen molar-refractivity contribution in [2.45, 2.75) is 68.9 Å². The maximum absolute atomic E-state index is 14.3. The smallest absolute Gasteiger partial charge is 0.253 e. The van der Waals surface area contributed by atoms with Gasteiger partial charge in [-0.15, -0.1) is 0 Å². The van der Waals surface area contributed by atoms with Crippen molar-refractivity contribution in [1.29, 1.82) is 0 Å². The highest BCUT2D eigenvalue weighted by molar-refractivity contribution is 6.05. The molecule has 4 aromatic carbocycles. The number of hydrogen-bond donors (Lipinski definition) is 2. The highest BCUT2D eigenvalue weighted by atomic mass is 16.5. The lowest BCUT2D eigenvalue weighted by Crippen LogP contribution is -2.52. The van der Waals surface area contributed by atoms with Gasteiger partial charge in [-0.25, -0.2) is 0 Å². The first kappa shape index (κ1) is 38.1. The largest absolute Gasteiger partial charge is 0.497 e. The van der Waals surface area contributed by atoms with Crippen LogP contribution >= 0.6 is 0 Å². The Labute approximate surface area is 317 Å². The van der Waals surface area contributed by atoms with Crippen LogP contribution in [-0.2, 0) is 25.6 Å². The minimum atomic E-state index is -1.12. The number of hydrogen-bond acceptors (Lipinski definition) is 6. The number of ether oxygens (including phenoxy) is 2. The van der Waals surface area contributed by atoms with Crippen LogP contribution in [-0.4, -0.2) is 63.5 Å². The van der Waals surface area contributed by atoms with E-state index in [4.69, 9.17) is 9.47 Å². The van der Waals surface area contributed by atoms with Crippen molar-refractivity contribution in [2.24, 2.45) is 5.41 Å². The fourth-order valence-corrected chi connectivity index (χ4v) is 7.98. The lowest BCUT2D eigenvalue weighted by Gasteiger charge is -2.31. The zero-order chi connectivity index (χ0) is 38.3. The molecule has 0 aromatic heterocycles. The number of likely N-dealkylation sites (N-methyl/N-ethyl adjacent to an activating group) is 2. The van der Waals surface area contributed by atoms with Gasteiger partial charge in [-0.1, -0.05) is 73.5 Å². The monoisotopic (exact) mass is 730 g/mol. The number of carbonyl (C=O) groups excluding carboxylic acids is 4. The number of methoxy groups -OCH3 is 2. The Kier molecular flexibility index (Phi) is 11.7. The van der Waals surface area contributed by atoms with E-state index in [-0.39, 0.29) is 42.4 Å². The van der Waals surface area contributed by atoms with Crippen LogP contribution in [0.3, 0.4) is 0 Å². The van der Waals surface area contributed by atoms with E-state index in [0.29, 0.717) is 48.6 Å². The Morgan fingerprint density at radius 3 is 1.78 bits per heavy atom. The highest BCUT2D eigenvalue weighted by Crippen LogP contribution is 2.53. The van der Waals surface area contributed by atoms with Gasteiger partial charge in [0.25, 0.3) is 5.91 Å². The van der Waals surface area contributed by atoms with Gasteiger partial charge in [-0.05, 0) is 84.3 Å². The van der Waals surface area contributed by atoms with Crippen LogP contribution in [0.4, 0.5) is 11.4 Å². The molecule has 0 radical (unpaired) electrons. The quantitative estimate of drug-likeness (QED) is 0.146. The van der Waals surface area contributed by atoms with E-state index >= 15 is 0 Å². The standard InChI is InChI=1S/C44H50N4O6/c1-47(33-17-21-35(53-3)22-18-33)41(51)38(27-31-13-7-5-8-14-31)45-39(49)29-43(25-11-12-26-43)30-40(50)46-44(28-37(44)32-15-9-6-10-16-32)42(52)48(2)34-19-23-36(54-4)24-20-34/h5-10,13-24,37-38H,11-12,25-30H2,1-4H3,(H,45,49)(H,46,50)/t37?,38-,44?/m0/s1. The van der Waals surface area contributed by atoms with Gasteiger partial charge in [0.1, 0.15) is 23.1 Å². The van der Waals surface area contributed by atoms with E-state index in [1.807, 2.05) is 72.8 Å². The number of carbonyl (C=O) groups is 4. The molecule has 2 aliphatic carbocycles. The zero-order valence-corrected chi connectivity index (χ0v) is 31.5. The molecule has 0 spiro atoms. The molecule has 6 rings (SSSR count). The first-order valence-corrected chi connectivity index (χ1v) is 18.6. The SMILES string of the molecule is COc1ccc(N(C)C(=O)[C@H](Cc2ccccc2)NC(=O)CC2(CC(=O)NC3(C(=O)N(C)c4ccc(OC)cc4)CC3c3ccccc3)CCCC2)cc1. The van der Waals surface area contributed by atoms with Crippen molar-refractivity contribution in [2.75, 3.05) is 38.1 Å². The van der Waals surface area contributed by atoms with E-state index < -0.39 is 17.0 Å². The van der Waals surface area contributed by atoms with E-state index in [2.05, 4.69) is 10.6 Å². The summed E-state index contributed by atoms with van der Waals surface area (Å²) in [5.74, 6) is 0.190. The van der Waals surface area contributed by atoms with Crippen LogP contribution in [0.1, 0.15) is 62.0 Å². The lowest BCUT2D eigenvalue weighted by molar-refractivity contribution is -0.132. The molecule has 0 aliphatic heterocycles. The molecule has 4 aromatic rings. The van der Waals surface area contributed by atoms with Crippen molar-refractivity contribution >= 4 is 35.0 Å². The average Bonchev–Trinajstić information content (AvgIpc) is 3.75. The van der Waals surface area contributed by atoms with Gasteiger partial charge in [-0.3, -0.25) is 19.2 Å². The summed E-state index contributed by atoms with van der Waals surface area (Å²) in [5.41, 5.74) is 1.55. The fourth-order valence-electron chi connectivity index (χ4n) is 7.98. The summed E-state index contributed by atoms with van der Waals surface area (Å²) >= 11 is 0. The number of nitrogens with one attached hydrogen (secondary N) is 2. The third-order valence-corrected chi connectivity index (χ3v) is 11.1. The van der Waals surface area contributed by atoms with Crippen LogP contribution in [0.5, 0.6) is 11.5 Å². The predicted molar refractivity (Wildman–Crippen MR) is 210 cm³/mol. The summed E-state index contributed by atoms with van der Waals surface area (Å²) in [6, 6.07) is 33.0. The molecule has 2 aliphatic rings. The molecule has 282 valence electrons. The summed E-state index contributed by atoms with van der Waals surface area (Å²) in [4.78, 5) is 59.5. The Balaban J connectivity index is 1.18. The molecule has 2 unspecified atom stereocenters. The van der Waals surface area contributed by atoms with Crippen molar-refractivity contribution in [3.05, 3.63) is 120 Å². The first-order chi connectivity index (χ1) is 26.1. The second-order valence-electron chi connectivity index (χ2n) is 14.7. The van der Waals surface area contributed by atoms with E-state index in [9.17, 15) is 19.2 Å². The van der Waals surface area contributed by atoms with Gasteiger partial charge in [0.15, 0.2) is 0 Å². The number of amides is 4. The maximum atomic E-state index is 14.3. The lowest BCUT2D eigenvalue weighted by atomic mass is 9.78. The molecule has 4 amide bonds. The van der Waals surface area contributed by atoms with Crippen LogP contribution in [0, 0.1) is 5.41 Å². The van der Waals surface area contributed by atoms with Gasteiger partial charge in [0, 0.05) is 50.7 Å². The minimum absolute atomic E-state index is 0.0973. The predicted octanol–water partition coefficient (Wildman–Crippen LogP) is 6.44. The van der Waals surface area contributed by atoms with Crippen LogP contribution < -0.4 is 29.9 Å². The zero-order valence-electron chi connectivity index (χ0n) is 31.5. The second kappa shape index (κ2) is 16.6. The van der Waals surface area contributed by atoms with Crippen molar-refractivity contribution < 1.29 is 28.7 Å². The summed E-state index contributed by atoms with van der Waals surface area (Å²) in [5, 5.41) is 6.25. The number of nitrogens with zero attached hydrogens (tertiary/aromatic N) is 2. The van der Waals surface area contributed by atoms with Crippen LogP contribution in [0.2, 0.25) is 0 Å². The van der Waals surface area contributed by atoms with E-state index in [1.165, 1.54) is 0 Å². The highest BCUT2D eigenvalue weighted by Gasteiger charge is 2.63. The van der Waals surface area contributed by atoms with Crippen molar-refractivity contribution in [3.63, 3.8) is 0 Å². The van der Waals surface area contributed by atoms with E-state index in [1.54, 1.807) is 74.5 Å². The van der Waals surface area contributed by atoms with Gasteiger partial charge in [0.2, 0.25) is 17.7 Å². The molecule has 2 saturated carbocycles. The molecule has 2 N–H and O–H groups in total. The van der Waals surface area contributed by atoms with Crippen molar-refractivity contribution in [1.82, 2.24) is 10.6 Å². The average molecular weight is 731 g/mol. The van der Waals surface area contributed by atoms with Crippen molar-refractivity contribution in [3.8, 4) is 11.5 Å². The topological polar surface area (TPSA) is 117 Å². The summed E-state index contributed by atoms with van der Waals surface area (Å²) in [6.45, 7) is 0. The van der Waals surface area contributed by atoms with Gasteiger partial charge >= 0.3 is 0 Å². The number of rotatable bonds is 15. The van der Waals surface area contributed by atoms with Gasteiger partial charge in [-0.2, -0.15) is 0 Å². The van der Waals surface area contributed by atoms with E-state index in [0.717, 1.165) is 24.0 Å². The Hall–Kier alpha value is -5.64. The summed E-state index contributed by atoms with van der Waals surface area (Å²) in [6.07, 6.45) is 4.17. The van der Waals surface area contributed by atoms with Crippen LogP contribution in [0.25, 0.3) is 0 Å². The molecule has 10 nitrogen and oxygen atoms in total. The molecular weight excluding hydrogens is 681 g/mol. The third-order valence-electron chi connectivity index (χ3n) is 11.1. The second-order valence-corrected chi connectivity index (χ2v) is 14.7. The Morgan fingerprint density at radius 1 is 0.704 bits per heavy atom. The van der Waals surface area contributed by atoms with Gasteiger partial charge < -0.3 is 29.9 Å². The Bertz CT molecular complexity index is 1910. The minimum Gasteiger partial charge on any atom is -0.497 e.